The van der Waals surface area contributed by atoms with Crippen LogP contribution in [0.1, 0.15) is 25.6 Å². The van der Waals surface area contributed by atoms with Crippen molar-refractivity contribution in [2.24, 2.45) is 0 Å². The van der Waals surface area contributed by atoms with Crippen molar-refractivity contribution < 1.29 is 9.59 Å². The summed E-state index contributed by atoms with van der Waals surface area (Å²) in [4.78, 5) is 26.8. The van der Waals surface area contributed by atoms with E-state index in [4.69, 9.17) is 5.73 Å². The van der Waals surface area contributed by atoms with Crippen molar-refractivity contribution in [3.63, 3.8) is 0 Å². The molecule has 0 amide bonds. The lowest BCUT2D eigenvalue weighted by Gasteiger charge is -1.97. The van der Waals surface area contributed by atoms with Gasteiger partial charge in [-0.3, -0.25) is 9.59 Å². The molecule has 24 heavy (non-hydrogen) atoms. The Hall–Kier alpha value is -2.98. The normalized spacial score (nSPS) is 13.2. The fourth-order valence-corrected chi connectivity index (χ4v) is 3.74. The number of carbonyl (C=O) groups is 2. The molecular weight excluding hydrogens is 318 g/mol. The second-order valence-corrected chi connectivity index (χ2v) is 6.70. The van der Waals surface area contributed by atoms with Crippen LogP contribution in [0.4, 0.5) is 5.69 Å². The van der Waals surface area contributed by atoms with E-state index in [9.17, 15) is 9.59 Å². The Morgan fingerprint density at radius 2 is 1.42 bits per heavy atom. The third-order valence-corrected chi connectivity index (χ3v) is 5.10. The third kappa shape index (κ3) is 2.37. The number of fused-ring (bicyclic) bond motifs is 1. The minimum atomic E-state index is -0.196. The summed E-state index contributed by atoms with van der Waals surface area (Å²) in [5.74, 6) is -0.393. The highest BCUT2D eigenvalue weighted by Gasteiger charge is 2.32. The molecule has 2 N–H and O–H groups in total. The second-order valence-electron chi connectivity index (χ2n) is 5.59. The van der Waals surface area contributed by atoms with E-state index in [2.05, 4.69) is 0 Å². The van der Waals surface area contributed by atoms with E-state index in [0.717, 1.165) is 21.0 Å². The molecule has 1 aliphatic rings. The van der Waals surface area contributed by atoms with Crippen LogP contribution in [-0.4, -0.2) is 11.6 Å². The summed E-state index contributed by atoms with van der Waals surface area (Å²) < 4.78 is 0. The number of nitrogen functional groups attached to an aromatic ring is 1. The van der Waals surface area contributed by atoms with Crippen LogP contribution in [0.2, 0.25) is 0 Å². The van der Waals surface area contributed by atoms with Gasteiger partial charge in [-0.25, -0.2) is 0 Å². The second kappa shape index (κ2) is 5.58. The SMILES string of the molecule is Nc1ccc(-c2ccc(C=C3C(=O)c4ccccc4C3=O)s2)cc1. The van der Waals surface area contributed by atoms with Gasteiger partial charge in [0, 0.05) is 26.6 Å². The number of thiophene rings is 1. The molecule has 4 rings (SSSR count). The van der Waals surface area contributed by atoms with Gasteiger partial charge in [-0.1, -0.05) is 36.4 Å². The number of Topliss-reactive ketones (excluding diaryl/α,β-unsaturated/α-hetero) is 2. The number of hydrogen-bond acceptors (Lipinski definition) is 4. The first-order chi connectivity index (χ1) is 11.6. The van der Waals surface area contributed by atoms with Crippen molar-refractivity contribution in [3.05, 3.63) is 82.2 Å². The molecule has 116 valence electrons. The van der Waals surface area contributed by atoms with E-state index in [1.807, 2.05) is 36.4 Å². The zero-order valence-corrected chi connectivity index (χ0v) is 13.5. The number of anilines is 1. The van der Waals surface area contributed by atoms with E-state index >= 15 is 0 Å². The molecular formula is C20H13NO2S. The predicted molar refractivity (Wildman–Crippen MR) is 97.2 cm³/mol. The maximum atomic E-state index is 12.4. The highest BCUT2D eigenvalue weighted by Crippen LogP contribution is 2.32. The topological polar surface area (TPSA) is 60.2 Å². The Bertz CT molecular complexity index is 959. The molecule has 0 bridgehead atoms. The molecule has 1 aromatic heterocycles. The Kier molecular flexibility index (Phi) is 3.40. The zero-order valence-electron chi connectivity index (χ0n) is 12.7. The summed E-state index contributed by atoms with van der Waals surface area (Å²) in [5.41, 5.74) is 8.71. The molecule has 0 atom stereocenters. The Morgan fingerprint density at radius 3 is 2.04 bits per heavy atom. The highest BCUT2D eigenvalue weighted by atomic mass is 32.1. The Labute approximate surface area is 143 Å². The van der Waals surface area contributed by atoms with Crippen molar-refractivity contribution in [3.8, 4) is 10.4 Å². The first-order valence-electron chi connectivity index (χ1n) is 7.49. The molecule has 2 aromatic carbocycles. The Morgan fingerprint density at radius 1 is 0.792 bits per heavy atom. The fourth-order valence-electron chi connectivity index (χ4n) is 2.78. The van der Waals surface area contributed by atoms with Crippen molar-refractivity contribution >= 4 is 34.7 Å². The molecule has 0 radical (unpaired) electrons. The van der Waals surface area contributed by atoms with Gasteiger partial charge in [-0.2, -0.15) is 0 Å². The largest absolute Gasteiger partial charge is 0.399 e. The molecule has 3 aromatic rings. The van der Waals surface area contributed by atoms with Crippen molar-refractivity contribution in [2.75, 3.05) is 5.73 Å². The van der Waals surface area contributed by atoms with Gasteiger partial charge in [0.25, 0.3) is 0 Å². The van der Waals surface area contributed by atoms with Crippen LogP contribution in [0.5, 0.6) is 0 Å². The molecule has 1 heterocycles. The van der Waals surface area contributed by atoms with Crippen LogP contribution in [0.15, 0.2) is 66.2 Å². The number of allylic oxidation sites excluding steroid dienone is 1. The van der Waals surface area contributed by atoms with Gasteiger partial charge in [0.05, 0.1) is 5.57 Å². The van der Waals surface area contributed by atoms with Crippen LogP contribution in [-0.2, 0) is 0 Å². The maximum Gasteiger partial charge on any atom is 0.197 e. The molecule has 4 heteroatoms. The Balaban J connectivity index is 1.69. The summed E-state index contributed by atoms with van der Waals surface area (Å²) in [6.07, 6.45) is 1.69. The molecule has 0 saturated carbocycles. The zero-order chi connectivity index (χ0) is 16.7. The number of benzene rings is 2. The minimum absolute atomic E-state index is 0.196. The molecule has 3 nitrogen and oxygen atoms in total. The monoisotopic (exact) mass is 331 g/mol. The van der Waals surface area contributed by atoms with Gasteiger partial charge in [-0.15, -0.1) is 11.3 Å². The van der Waals surface area contributed by atoms with Gasteiger partial charge in [0.1, 0.15) is 0 Å². The van der Waals surface area contributed by atoms with Gasteiger partial charge < -0.3 is 5.73 Å². The summed E-state index contributed by atoms with van der Waals surface area (Å²) in [5, 5.41) is 0. The number of carbonyl (C=O) groups excluding carboxylic acids is 2. The van der Waals surface area contributed by atoms with E-state index in [1.165, 1.54) is 11.3 Å². The summed E-state index contributed by atoms with van der Waals surface area (Å²) in [6.45, 7) is 0. The number of rotatable bonds is 2. The summed E-state index contributed by atoms with van der Waals surface area (Å²) in [7, 11) is 0. The van der Waals surface area contributed by atoms with Gasteiger partial charge >= 0.3 is 0 Å². The lowest BCUT2D eigenvalue weighted by molar-refractivity contribution is 0.0990. The molecule has 0 aliphatic heterocycles. The lowest BCUT2D eigenvalue weighted by Crippen LogP contribution is -1.99. The highest BCUT2D eigenvalue weighted by molar-refractivity contribution is 7.16. The molecule has 0 unspecified atom stereocenters. The third-order valence-electron chi connectivity index (χ3n) is 4.01. The number of nitrogens with two attached hydrogens (primary N) is 1. The fraction of sp³-hybridized carbons (Fsp3) is 0. The lowest BCUT2D eigenvalue weighted by atomic mass is 10.1. The van der Waals surface area contributed by atoms with E-state index in [1.54, 1.807) is 30.3 Å². The predicted octanol–water partition coefficient (Wildman–Crippen LogP) is 4.46. The quantitative estimate of drug-likeness (QED) is 0.428. The standard InChI is InChI=1S/C20H13NO2S/c21-13-7-5-12(6-8-13)18-10-9-14(24-18)11-17-19(22)15-3-1-2-4-16(15)20(17)23/h1-11H,21H2. The van der Waals surface area contributed by atoms with Crippen LogP contribution in [0, 0.1) is 0 Å². The van der Waals surface area contributed by atoms with Gasteiger partial charge in [0.2, 0.25) is 0 Å². The van der Waals surface area contributed by atoms with E-state index in [-0.39, 0.29) is 17.1 Å². The van der Waals surface area contributed by atoms with Crippen molar-refractivity contribution in [1.29, 1.82) is 0 Å². The summed E-state index contributed by atoms with van der Waals surface area (Å²) in [6, 6.07) is 18.5. The first kappa shape index (κ1) is 14.6. The average molecular weight is 331 g/mol. The van der Waals surface area contributed by atoms with E-state index < -0.39 is 0 Å². The molecule has 0 spiro atoms. The molecule has 0 fully saturated rings. The van der Waals surface area contributed by atoms with Gasteiger partial charge in [0.15, 0.2) is 11.6 Å². The first-order valence-corrected chi connectivity index (χ1v) is 8.31. The van der Waals surface area contributed by atoms with Crippen LogP contribution >= 0.6 is 11.3 Å². The van der Waals surface area contributed by atoms with Crippen LogP contribution < -0.4 is 5.73 Å². The number of ketones is 2. The van der Waals surface area contributed by atoms with Crippen LogP contribution in [0.3, 0.4) is 0 Å². The van der Waals surface area contributed by atoms with E-state index in [0.29, 0.717) is 11.1 Å². The van der Waals surface area contributed by atoms with Gasteiger partial charge in [-0.05, 0) is 35.9 Å². The molecule has 1 aliphatic carbocycles. The maximum absolute atomic E-state index is 12.4. The molecule has 0 saturated heterocycles. The average Bonchev–Trinajstić information content (AvgIpc) is 3.16. The van der Waals surface area contributed by atoms with Crippen molar-refractivity contribution in [2.45, 2.75) is 0 Å². The smallest absolute Gasteiger partial charge is 0.197 e. The summed E-state index contributed by atoms with van der Waals surface area (Å²) >= 11 is 1.54. The minimum Gasteiger partial charge on any atom is -0.399 e. The van der Waals surface area contributed by atoms with Crippen LogP contribution in [0.25, 0.3) is 16.5 Å². The van der Waals surface area contributed by atoms with Crippen molar-refractivity contribution in [1.82, 2.24) is 0 Å². The number of hydrogen-bond donors (Lipinski definition) is 1.